The Labute approximate surface area is 206 Å². The second-order valence-corrected chi connectivity index (χ2v) is 35.9. The third kappa shape index (κ3) is 3.64. The number of hydrogen-bond donors (Lipinski definition) is 0. The van der Waals surface area contributed by atoms with Crippen LogP contribution in [-0.4, -0.2) is 9.51 Å². The van der Waals surface area contributed by atoms with E-state index in [4.69, 9.17) is 11.6 Å². The molecule has 0 saturated heterocycles. The zero-order valence-corrected chi connectivity index (χ0v) is 25.2. The minimum atomic E-state index is -3.03. The average molecular weight is 541 g/mol. The van der Waals surface area contributed by atoms with Gasteiger partial charge in [-0.2, -0.15) is 0 Å². The second kappa shape index (κ2) is 9.16. The van der Waals surface area contributed by atoms with Gasteiger partial charge in [-0.15, -0.1) is 0 Å². The summed E-state index contributed by atoms with van der Waals surface area (Å²) in [5, 5.41) is 0. The van der Waals surface area contributed by atoms with Crippen LogP contribution in [0.15, 0.2) is 47.5 Å². The van der Waals surface area contributed by atoms with E-state index < -0.39 is 25.4 Å². The Bertz CT molecular complexity index is 1010. The molecule has 1 radical (unpaired) electrons. The fourth-order valence-corrected chi connectivity index (χ4v) is 39.5. The van der Waals surface area contributed by atoms with Gasteiger partial charge in [-0.25, -0.2) is 0 Å². The van der Waals surface area contributed by atoms with Gasteiger partial charge in [0.05, 0.1) is 0 Å². The van der Waals surface area contributed by atoms with Gasteiger partial charge in [-0.05, 0) is 0 Å². The van der Waals surface area contributed by atoms with Crippen molar-refractivity contribution in [3.05, 3.63) is 80.9 Å². The molecule has 169 valence electrons. The van der Waals surface area contributed by atoms with Crippen molar-refractivity contribution >= 4 is 29.7 Å². The standard InChI is InChI=1S/2C13H15.C2H6Si.CH2Cl.Zr/c2*1-9(2)12-6-4-5-11-7-10(3)8-13(11)12;1-3-2;1-2;/h2*4-9H,1-3H3;1-2H3;1H2;. The van der Waals surface area contributed by atoms with Crippen LogP contribution in [0, 0.1) is 0 Å². The fraction of sp³-hybridized carbons (Fsp3) is 0.448. The summed E-state index contributed by atoms with van der Waals surface area (Å²) in [7, 11) is 0. The van der Waals surface area contributed by atoms with Gasteiger partial charge in [0.25, 0.3) is 0 Å². The van der Waals surface area contributed by atoms with E-state index in [2.05, 4.69) is 103 Å². The first-order valence-corrected chi connectivity index (χ1v) is 23.4. The quantitative estimate of drug-likeness (QED) is 0.253. The fourth-order valence-electron chi connectivity index (χ4n) is 6.56. The van der Waals surface area contributed by atoms with E-state index in [1.807, 2.05) is 0 Å². The second-order valence-electron chi connectivity index (χ2n) is 10.8. The van der Waals surface area contributed by atoms with Crippen LogP contribution in [0.25, 0.3) is 12.2 Å². The minimum absolute atomic E-state index is 0.545. The van der Waals surface area contributed by atoms with Gasteiger partial charge >= 0.3 is 207 Å². The Morgan fingerprint density at radius 3 is 1.50 bits per heavy atom. The molecule has 0 fully saturated rings. The zero-order chi connectivity index (χ0) is 23.4. The average Bonchev–Trinajstić information content (AvgIpc) is 3.25. The first-order valence-electron chi connectivity index (χ1n) is 12.1. The van der Waals surface area contributed by atoms with Crippen molar-refractivity contribution in [1.29, 1.82) is 0 Å². The van der Waals surface area contributed by atoms with Crippen LogP contribution < -0.4 is 0 Å². The molecular weight excluding hydrogens is 503 g/mol. The SMILES string of the molecule is CC1=Cc2c(C(C)C)cccc2[CH]1[Zr]([CH2]Cl)([CH]1C(C)=Cc2c(C(C)C)cccc21)[Si](C)C. The molecule has 0 spiro atoms. The third-order valence-electron chi connectivity index (χ3n) is 8.05. The van der Waals surface area contributed by atoms with Gasteiger partial charge < -0.3 is 0 Å². The van der Waals surface area contributed by atoms with Gasteiger partial charge in [-0.1, -0.05) is 0 Å². The molecule has 2 aliphatic carbocycles. The number of rotatable bonds is 6. The number of hydrogen-bond acceptors (Lipinski definition) is 0. The third-order valence-corrected chi connectivity index (χ3v) is 42.0. The van der Waals surface area contributed by atoms with Crippen molar-refractivity contribution in [3.8, 4) is 0 Å². The number of allylic oxidation sites excluding steroid dienone is 2. The maximum absolute atomic E-state index is 7.21. The monoisotopic (exact) mass is 539 g/mol. The molecule has 2 unspecified atom stereocenters. The Kier molecular flexibility index (Phi) is 7.00. The molecule has 2 aromatic carbocycles. The first-order chi connectivity index (χ1) is 15.1. The number of fused-ring (bicyclic) bond motifs is 2. The molecule has 2 aliphatic rings. The summed E-state index contributed by atoms with van der Waals surface area (Å²) in [6.45, 7) is 19.3. The van der Waals surface area contributed by atoms with Gasteiger partial charge in [0.1, 0.15) is 0 Å². The van der Waals surface area contributed by atoms with Crippen molar-refractivity contribution in [2.24, 2.45) is 0 Å². The summed E-state index contributed by atoms with van der Waals surface area (Å²) in [5.74, 6) is 0.524. The van der Waals surface area contributed by atoms with Crippen molar-refractivity contribution in [1.82, 2.24) is 0 Å². The van der Waals surface area contributed by atoms with Gasteiger partial charge in [0.15, 0.2) is 0 Å². The Hall–Kier alpha value is -0.690. The Morgan fingerprint density at radius 2 is 1.19 bits per heavy atom. The van der Waals surface area contributed by atoms with Crippen LogP contribution in [0.5, 0.6) is 0 Å². The normalized spacial score (nSPS) is 21.6. The van der Waals surface area contributed by atoms with Gasteiger partial charge in [0.2, 0.25) is 0 Å². The van der Waals surface area contributed by atoms with E-state index in [-0.39, 0.29) is 0 Å². The number of halogens is 1. The predicted octanol–water partition coefficient (Wildman–Crippen LogP) is 9.15. The van der Waals surface area contributed by atoms with E-state index in [0.717, 1.165) is 3.59 Å². The molecule has 0 nitrogen and oxygen atoms in total. The van der Waals surface area contributed by atoms with Crippen LogP contribution in [0.2, 0.25) is 13.1 Å². The van der Waals surface area contributed by atoms with E-state index >= 15 is 0 Å². The molecule has 2 atom stereocenters. The molecule has 0 aliphatic heterocycles. The van der Waals surface area contributed by atoms with E-state index in [0.29, 0.717) is 19.1 Å². The van der Waals surface area contributed by atoms with E-state index in [1.165, 1.54) is 22.3 Å². The summed E-state index contributed by atoms with van der Waals surface area (Å²) in [6.07, 6.45) is 5.05. The number of benzene rings is 2. The molecule has 0 saturated carbocycles. The molecule has 4 rings (SSSR count). The van der Waals surface area contributed by atoms with Crippen LogP contribution in [-0.2, 0) is 19.4 Å². The summed E-state index contributed by atoms with van der Waals surface area (Å²) in [4.78, 5) is 0. The van der Waals surface area contributed by atoms with Crippen molar-refractivity contribution in [2.45, 2.75) is 73.7 Å². The van der Waals surface area contributed by atoms with Gasteiger partial charge in [-0.3, -0.25) is 0 Å². The number of alkyl halides is 1. The first kappa shape index (κ1) is 24.4. The van der Waals surface area contributed by atoms with Crippen LogP contribution in [0.1, 0.15) is 94.0 Å². The summed E-state index contributed by atoms with van der Waals surface area (Å²) < 4.78 is 2.07. The molecule has 32 heavy (non-hydrogen) atoms. The molecule has 2 aromatic rings. The van der Waals surface area contributed by atoms with Crippen LogP contribution >= 0.6 is 11.6 Å². The molecule has 0 N–H and O–H groups in total. The van der Waals surface area contributed by atoms with Crippen LogP contribution in [0.4, 0.5) is 0 Å². The van der Waals surface area contributed by atoms with E-state index in [1.54, 1.807) is 22.3 Å². The molecule has 0 heterocycles. The Balaban J connectivity index is 1.96. The van der Waals surface area contributed by atoms with Gasteiger partial charge in [0, 0.05) is 0 Å². The van der Waals surface area contributed by atoms with Crippen LogP contribution in [0.3, 0.4) is 0 Å². The molecular formula is C29H38ClSiZr. The predicted molar refractivity (Wildman–Crippen MR) is 142 cm³/mol. The van der Waals surface area contributed by atoms with Crippen molar-refractivity contribution < 1.29 is 19.4 Å². The van der Waals surface area contributed by atoms with Crippen molar-refractivity contribution in [3.63, 3.8) is 0 Å². The zero-order valence-electron chi connectivity index (χ0n) is 21.0. The molecule has 0 aromatic heterocycles. The Morgan fingerprint density at radius 1 is 0.781 bits per heavy atom. The molecule has 0 amide bonds. The maximum atomic E-state index is 7.21. The summed E-state index contributed by atoms with van der Waals surface area (Å²) in [6, 6.07) is 14.1. The molecule has 3 heteroatoms. The summed E-state index contributed by atoms with van der Waals surface area (Å²) >= 11 is 4.19. The molecule has 0 bridgehead atoms. The topological polar surface area (TPSA) is 0 Å². The van der Waals surface area contributed by atoms with E-state index in [9.17, 15) is 0 Å². The summed E-state index contributed by atoms with van der Waals surface area (Å²) in [5.41, 5.74) is 12.4. The van der Waals surface area contributed by atoms with Crippen molar-refractivity contribution in [2.75, 3.05) is 3.59 Å².